The molecule has 0 radical (unpaired) electrons. The first-order valence-corrected chi connectivity index (χ1v) is 4.72. The monoisotopic (exact) mass is 182 g/mol. The number of carbonyl (C=O) groups is 1. The van der Waals surface area contributed by atoms with E-state index in [0.717, 1.165) is 5.03 Å². The van der Waals surface area contributed by atoms with Crippen LogP contribution in [0.2, 0.25) is 0 Å². The van der Waals surface area contributed by atoms with Gasteiger partial charge in [0.25, 0.3) is 5.91 Å². The van der Waals surface area contributed by atoms with Gasteiger partial charge >= 0.3 is 0 Å². The largest absolute Gasteiger partial charge is 0.355 e. The van der Waals surface area contributed by atoms with Gasteiger partial charge < -0.3 is 5.32 Å². The number of rotatable bonds is 2. The Morgan fingerprint density at radius 1 is 1.67 bits per heavy atom. The van der Waals surface area contributed by atoms with Crippen molar-refractivity contribution in [3.05, 3.63) is 23.9 Å². The molecule has 3 nitrogen and oxygen atoms in total. The predicted octanol–water partition coefficient (Wildman–Crippen LogP) is 1.16. The molecule has 0 bridgehead atoms. The molecule has 0 saturated heterocycles. The molecule has 0 aromatic carbocycles. The van der Waals surface area contributed by atoms with Crippen LogP contribution in [0.15, 0.2) is 23.4 Å². The summed E-state index contributed by atoms with van der Waals surface area (Å²) in [7, 11) is 1.61. The van der Waals surface area contributed by atoms with Gasteiger partial charge in [-0.15, -0.1) is 11.8 Å². The Kier molecular flexibility index (Phi) is 3.10. The van der Waals surface area contributed by atoms with Gasteiger partial charge in [0.2, 0.25) is 0 Å². The number of hydrogen-bond donors (Lipinski definition) is 1. The summed E-state index contributed by atoms with van der Waals surface area (Å²) in [6, 6.07) is 3.46. The molecule has 1 rings (SSSR count). The van der Waals surface area contributed by atoms with Gasteiger partial charge in [-0.2, -0.15) is 0 Å². The number of amides is 1. The Bertz CT molecular complexity index is 288. The second kappa shape index (κ2) is 4.11. The Morgan fingerprint density at radius 3 is 3.00 bits per heavy atom. The molecule has 1 amide bonds. The zero-order chi connectivity index (χ0) is 8.97. The fourth-order valence-electron chi connectivity index (χ4n) is 0.807. The van der Waals surface area contributed by atoms with Crippen LogP contribution in [0, 0.1) is 0 Å². The third-order valence-electron chi connectivity index (χ3n) is 1.43. The van der Waals surface area contributed by atoms with Gasteiger partial charge in [-0.05, 0) is 18.4 Å². The van der Waals surface area contributed by atoms with E-state index in [2.05, 4.69) is 10.3 Å². The van der Waals surface area contributed by atoms with Gasteiger partial charge in [0, 0.05) is 18.8 Å². The first-order valence-electron chi connectivity index (χ1n) is 3.50. The third-order valence-corrected chi connectivity index (χ3v) is 2.07. The number of pyridine rings is 1. The van der Waals surface area contributed by atoms with Gasteiger partial charge in [-0.3, -0.25) is 4.79 Å². The van der Waals surface area contributed by atoms with Crippen LogP contribution in [0.3, 0.4) is 0 Å². The number of hydrogen-bond acceptors (Lipinski definition) is 3. The molecule has 0 aliphatic heterocycles. The average molecular weight is 182 g/mol. The highest BCUT2D eigenvalue weighted by Gasteiger charge is 2.02. The van der Waals surface area contributed by atoms with Crippen LogP contribution in [0.4, 0.5) is 0 Å². The standard InChI is InChI=1S/C8H10N2OS/c1-9-8(11)6-3-4-10-7(5-6)12-2/h3-5H,1-2H3,(H,9,11). The van der Waals surface area contributed by atoms with E-state index in [1.165, 1.54) is 11.8 Å². The number of thioether (sulfide) groups is 1. The maximum Gasteiger partial charge on any atom is 0.251 e. The van der Waals surface area contributed by atoms with Crippen LogP contribution in [-0.4, -0.2) is 24.2 Å². The SMILES string of the molecule is CNC(=O)c1ccnc(SC)c1. The Morgan fingerprint density at radius 2 is 2.42 bits per heavy atom. The average Bonchev–Trinajstić information content (AvgIpc) is 2.17. The Hall–Kier alpha value is -1.03. The summed E-state index contributed by atoms with van der Waals surface area (Å²) in [6.07, 6.45) is 3.56. The zero-order valence-electron chi connectivity index (χ0n) is 7.00. The lowest BCUT2D eigenvalue weighted by molar-refractivity contribution is 0.0962. The summed E-state index contributed by atoms with van der Waals surface area (Å²) >= 11 is 1.52. The summed E-state index contributed by atoms with van der Waals surface area (Å²) < 4.78 is 0. The summed E-state index contributed by atoms with van der Waals surface area (Å²) in [5.74, 6) is -0.0762. The van der Waals surface area contributed by atoms with E-state index in [1.807, 2.05) is 6.26 Å². The molecule has 0 unspecified atom stereocenters. The van der Waals surface area contributed by atoms with Crippen molar-refractivity contribution in [1.82, 2.24) is 10.3 Å². The fourth-order valence-corrected chi connectivity index (χ4v) is 1.22. The molecule has 0 aliphatic carbocycles. The molecule has 12 heavy (non-hydrogen) atoms. The van der Waals surface area contributed by atoms with Gasteiger partial charge in [-0.1, -0.05) is 0 Å². The molecule has 1 aromatic heterocycles. The molecule has 64 valence electrons. The zero-order valence-corrected chi connectivity index (χ0v) is 7.81. The van der Waals surface area contributed by atoms with Gasteiger partial charge in [0.1, 0.15) is 0 Å². The van der Waals surface area contributed by atoms with Crippen molar-refractivity contribution in [3.8, 4) is 0 Å². The van der Waals surface area contributed by atoms with Crippen molar-refractivity contribution in [2.45, 2.75) is 5.03 Å². The first-order chi connectivity index (χ1) is 5.77. The molecule has 0 atom stereocenters. The molecule has 0 aliphatic rings. The van der Waals surface area contributed by atoms with Crippen LogP contribution in [0.25, 0.3) is 0 Å². The van der Waals surface area contributed by atoms with Crippen molar-refractivity contribution in [2.75, 3.05) is 13.3 Å². The highest BCUT2D eigenvalue weighted by molar-refractivity contribution is 7.98. The Labute approximate surface area is 75.6 Å². The fraction of sp³-hybridized carbons (Fsp3) is 0.250. The number of aromatic nitrogens is 1. The van der Waals surface area contributed by atoms with Gasteiger partial charge in [0.15, 0.2) is 0 Å². The smallest absolute Gasteiger partial charge is 0.251 e. The van der Waals surface area contributed by atoms with Crippen molar-refractivity contribution in [3.63, 3.8) is 0 Å². The van der Waals surface area contributed by atoms with E-state index >= 15 is 0 Å². The van der Waals surface area contributed by atoms with Gasteiger partial charge in [0.05, 0.1) is 5.03 Å². The van der Waals surface area contributed by atoms with Crippen molar-refractivity contribution in [2.24, 2.45) is 0 Å². The molecule has 4 heteroatoms. The lowest BCUT2D eigenvalue weighted by Crippen LogP contribution is -2.17. The molecular weight excluding hydrogens is 172 g/mol. The number of nitrogens with zero attached hydrogens (tertiary/aromatic N) is 1. The minimum atomic E-state index is -0.0762. The van der Waals surface area contributed by atoms with E-state index in [4.69, 9.17) is 0 Å². The maximum atomic E-state index is 11.1. The van der Waals surface area contributed by atoms with Crippen LogP contribution in [0.5, 0.6) is 0 Å². The first kappa shape index (κ1) is 9.06. The predicted molar refractivity (Wildman–Crippen MR) is 49.4 cm³/mol. The molecule has 1 aromatic rings. The van der Waals surface area contributed by atoms with E-state index in [1.54, 1.807) is 25.4 Å². The van der Waals surface area contributed by atoms with Gasteiger partial charge in [-0.25, -0.2) is 4.98 Å². The quantitative estimate of drug-likeness (QED) is 0.698. The van der Waals surface area contributed by atoms with Crippen molar-refractivity contribution in [1.29, 1.82) is 0 Å². The molecule has 0 saturated carbocycles. The molecule has 1 N–H and O–H groups in total. The molecule has 0 fully saturated rings. The van der Waals surface area contributed by atoms with E-state index in [9.17, 15) is 4.79 Å². The topological polar surface area (TPSA) is 42.0 Å². The lowest BCUT2D eigenvalue weighted by Gasteiger charge is -2.00. The second-order valence-electron chi connectivity index (χ2n) is 2.17. The van der Waals surface area contributed by atoms with E-state index in [-0.39, 0.29) is 5.91 Å². The van der Waals surface area contributed by atoms with Crippen molar-refractivity contribution >= 4 is 17.7 Å². The molecule has 0 spiro atoms. The summed E-state index contributed by atoms with van der Waals surface area (Å²) in [5, 5.41) is 3.41. The summed E-state index contributed by atoms with van der Waals surface area (Å²) in [5.41, 5.74) is 0.650. The highest BCUT2D eigenvalue weighted by atomic mass is 32.2. The Balaban J connectivity index is 2.93. The highest BCUT2D eigenvalue weighted by Crippen LogP contribution is 2.11. The van der Waals surface area contributed by atoms with Crippen LogP contribution < -0.4 is 5.32 Å². The second-order valence-corrected chi connectivity index (χ2v) is 2.99. The summed E-state index contributed by atoms with van der Waals surface area (Å²) in [6.45, 7) is 0. The van der Waals surface area contributed by atoms with Crippen LogP contribution >= 0.6 is 11.8 Å². The van der Waals surface area contributed by atoms with E-state index in [0.29, 0.717) is 5.56 Å². The van der Waals surface area contributed by atoms with Crippen molar-refractivity contribution < 1.29 is 4.79 Å². The van der Waals surface area contributed by atoms with Crippen LogP contribution in [0.1, 0.15) is 10.4 Å². The maximum absolute atomic E-state index is 11.1. The number of nitrogens with one attached hydrogen (secondary N) is 1. The lowest BCUT2D eigenvalue weighted by atomic mass is 10.2. The van der Waals surface area contributed by atoms with E-state index < -0.39 is 0 Å². The molecule has 1 heterocycles. The third kappa shape index (κ3) is 1.98. The minimum absolute atomic E-state index is 0.0762. The van der Waals surface area contributed by atoms with Crippen LogP contribution in [-0.2, 0) is 0 Å². The number of carbonyl (C=O) groups excluding carboxylic acids is 1. The normalized spacial score (nSPS) is 9.50. The molecular formula is C8H10N2OS. The summed E-state index contributed by atoms with van der Waals surface area (Å²) in [4.78, 5) is 15.2. The minimum Gasteiger partial charge on any atom is -0.355 e.